The maximum Gasteiger partial charge on any atom is 0.0593 e. The zero-order valence-electron chi connectivity index (χ0n) is 10.8. The van der Waals surface area contributed by atoms with E-state index in [-0.39, 0.29) is 0 Å². The molecule has 0 rings (SSSR count). The highest BCUT2D eigenvalue weighted by atomic mass is 32.1. The molecule has 0 aliphatic rings. The monoisotopic (exact) mass is 249 g/mol. The minimum Gasteiger partial charge on any atom is -0.380 e. The fourth-order valence-corrected chi connectivity index (χ4v) is 1.68. The van der Waals surface area contributed by atoms with Gasteiger partial charge in [-0.3, -0.25) is 4.90 Å². The fraction of sp³-hybridized carbons (Fsp3) is 1.00. The van der Waals surface area contributed by atoms with Gasteiger partial charge in [-0.15, -0.1) is 0 Å². The molecule has 0 saturated carbocycles. The van der Waals surface area contributed by atoms with Crippen molar-refractivity contribution in [3.63, 3.8) is 0 Å². The summed E-state index contributed by atoms with van der Waals surface area (Å²) in [6, 6.07) is 0. The van der Waals surface area contributed by atoms with Crippen LogP contribution in [-0.2, 0) is 9.47 Å². The highest BCUT2D eigenvalue weighted by molar-refractivity contribution is 7.80. The predicted molar refractivity (Wildman–Crippen MR) is 72.5 cm³/mol. The van der Waals surface area contributed by atoms with Crippen LogP contribution in [0.2, 0.25) is 0 Å². The van der Waals surface area contributed by atoms with E-state index in [2.05, 4.69) is 17.5 Å². The Labute approximate surface area is 106 Å². The molecule has 0 aliphatic heterocycles. The topological polar surface area (TPSA) is 21.7 Å². The van der Waals surface area contributed by atoms with Crippen LogP contribution in [0, 0.1) is 0 Å². The van der Waals surface area contributed by atoms with Gasteiger partial charge in [-0.2, -0.15) is 12.6 Å². The first-order valence-electron chi connectivity index (χ1n) is 6.33. The van der Waals surface area contributed by atoms with Crippen molar-refractivity contribution in [2.75, 3.05) is 51.8 Å². The summed E-state index contributed by atoms with van der Waals surface area (Å²) in [7, 11) is 0. The van der Waals surface area contributed by atoms with Crippen LogP contribution >= 0.6 is 12.6 Å². The second kappa shape index (κ2) is 13.3. The highest BCUT2D eigenvalue weighted by Crippen LogP contribution is 1.97. The first-order chi connectivity index (χ1) is 7.85. The van der Waals surface area contributed by atoms with Crippen molar-refractivity contribution in [2.24, 2.45) is 0 Å². The number of ether oxygens (including phenoxy) is 2. The van der Waals surface area contributed by atoms with Crippen LogP contribution in [0.1, 0.15) is 26.7 Å². The largest absolute Gasteiger partial charge is 0.380 e. The fourth-order valence-electron chi connectivity index (χ4n) is 1.46. The lowest BCUT2D eigenvalue weighted by Gasteiger charge is -2.21. The van der Waals surface area contributed by atoms with Crippen molar-refractivity contribution in [1.82, 2.24) is 4.90 Å². The molecule has 4 heteroatoms. The van der Waals surface area contributed by atoms with E-state index in [1.807, 2.05) is 13.8 Å². The third-order valence-corrected chi connectivity index (χ3v) is 2.71. The van der Waals surface area contributed by atoms with Crippen molar-refractivity contribution in [3.8, 4) is 0 Å². The molecule has 0 saturated heterocycles. The SMILES string of the molecule is CCOCCN(CCCCS)CCOCC. The number of rotatable bonds is 12. The summed E-state index contributed by atoms with van der Waals surface area (Å²) in [5, 5.41) is 0. The molecule has 0 unspecified atom stereocenters. The molecule has 0 heterocycles. The maximum atomic E-state index is 5.38. The van der Waals surface area contributed by atoms with E-state index in [1.54, 1.807) is 0 Å². The number of thiol groups is 1. The Hall–Kier alpha value is 0.230. The predicted octanol–water partition coefficient (Wildman–Crippen LogP) is 2.07. The van der Waals surface area contributed by atoms with Crippen molar-refractivity contribution >= 4 is 12.6 Å². The molecule has 0 aliphatic carbocycles. The standard InChI is InChI=1S/C12H27NO2S/c1-3-14-10-8-13(7-5-6-12-16)9-11-15-4-2/h16H,3-12H2,1-2H3. The summed E-state index contributed by atoms with van der Waals surface area (Å²) in [6.45, 7) is 10.5. The van der Waals surface area contributed by atoms with Crippen LogP contribution in [0.5, 0.6) is 0 Å². The summed E-state index contributed by atoms with van der Waals surface area (Å²) in [6.07, 6.45) is 2.39. The van der Waals surface area contributed by atoms with E-state index in [4.69, 9.17) is 9.47 Å². The molecule has 0 aromatic rings. The Bertz CT molecular complexity index is 112. The average molecular weight is 249 g/mol. The van der Waals surface area contributed by atoms with Crippen molar-refractivity contribution < 1.29 is 9.47 Å². The Morgan fingerprint density at radius 2 is 1.44 bits per heavy atom. The summed E-state index contributed by atoms with van der Waals surface area (Å²) in [4.78, 5) is 2.41. The maximum absolute atomic E-state index is 5.38. The lowest BCUT2D eigenvalue weighted by Crippen LogP contribution is -2.32. The van der Waals surface area contributed by atoms with E-state index >= 15 is 0 Å². The minimum absolute atomic E-state index is 0.802. The quantitative estimate of drug-likeness (QED) is 0.423. The summed E-state index contributed by atoms with van der Waals surface area (Å²) in [5.74, 6) is 0.977. The first kappa shape index (κ1) is 16.2. The lowest BCUT2D eigenvalue weighted by atomic mass is 10.3. The summed E-state index contributed by atoms with van der Waals surface area (Å²) >= 11 is 4.23. The molecule has 0 aromatic carbocycles. The van der Waals surface area contributed by atoms with Gasteiger partial charge in [0.05, 0.1) is 13.2 Å². The summed E-state index contributed by atoms with van der Waals surface area (Å²) < 4.78 is 10.8. The summed E-state index contributed by atoms with van der Waals surface area (Å²) in [5.41, 5.74) is 0. The molecule has 3 nitrogen and oxygen atoms in total. The zero-order valence-corrected chi connectivity index (χ0v) is 11.7. The molecule has 0 radical (unpaired) electrons. The van der Waals surface area contributed by atoms with Crippen molar-refractivity contribution in [3.05, 3.63) is 0 Å². The van der Waals surface area contributed by atoms with Gasteiger partial charge >= 0.3 is 0 Å². The van der Waals surface area contributed by atoms with Gasteiger partial charge in [0.25, 0.3) is 0 Å². The van der Waals surface area contributed by atoms with E-state index in [1.165, 1.54) is 12.8 Å². The van der Waals surface area contributed by atoms with Crippen LogP contribution in [0.25, 0.3) is 0 Å². The van der Waals surface area contributed by atoms with E-state index < -0.39 is 0 Å². The molecule has 0 bridgehead atoms. The molecular formula is C12H27NO2S. The van der Waals surface area contributed by atoms with Gasteiger partial charge in [-0.25, -0.2) is 0 Å². The van der Waals surface area contributed by atoms with E-state index in [9.17, 15) is 0 Å². The number of unbranched alkanes of at least 4 members (excludes halogenated alkanes) is 1. The van der Waals surface area contributed by atoms with Gasteiger partial charge in [0.1, 0.15) is 0 Å². The zero-order chi connectivity index (χ0) is 12.1. The molecule has 0 amide bonds. The van der Waals surface area contributed by atoms with Gasteiger partial charge < -0.3 is 9.47 Å². The lowest BCUT2D eigenvalue weighted by molar-refractivity contribution is 0.0823. The molecule has 0 aromatic heterocycles. The molecule has 98 valence electrons. The Morgan fingerprint density at radius 1 is 0.875 bits per heavy atom. The molecule has 0 fully saturated rings. The van der Waals surface area contributed by atoms with Crippen LogP contribution in [0.3, 0.4) is 0 Å². The molecular weight excluding hydrogens is 222 g/mol. The third kappa shape index (κ3) is 10.7. The van der Waals surface area contributed by atoms with Gasteiger partial charge in [-0.05, 0) is 39.0 Å². The van der Waals surface area contributed by atoms with Crippen LogP contribution < -0.4 is 0 Å². The van der Waals surface area contributed by atoms with E-state index in [0.717, 1.165) is 51.8 Å². The van der Waals surface area contributed by atoms with Crippen molar-refractivity contribution in [1.29, 1.82) is 0 Å². The van der Waals surface area contributed by atoms with Gasteiger partial charge in [0.15, 0.2) is 0 Å². The first-order valence-corrected chi connectivity index (χ1v) is 6.97. The molecule has 0 spiro atoms. The van der Waals surface area contributed by atoms with Gasteiger partial charge in [0, 0.05) is 26.3 Å². The van der Waals surface area contributed by atoms with Gasteiger partial charge in [-0.1, -0.05) is 0 Å². The van der Waals surface area contributed by atoms with Crippen LogP contribution in [0.15, 0.2) is 0 Å². The normalized spacial score (nSPS) is 11.2. The number of hydrogen-bond acceptors (Lipinski definition) is 4. The Morgan fingerprint density at radius 3 is 1.88 bits per heavy atom. The van der Waals surface area contributed by atoms with Crippen LogP contribution in [-0.4, -0.2) is 56.7 Å². The second-order valence-electron chi connectivity index (χ2n) is 3.67. The average Bonchev–Trinajstić information content (AvgIpc) is 2.29. The smallest absolute Gasteiger partial charge is 0.0593 e. The molecule has 0 N–H and O–H groups in total. The van der Waals surface area contributed by atoms with E-state index in [0.29, 0.717) is 0 Å². The Balaban J connectivity index is 3.58. The van der Waals surface area contributed by atoms with Gasteiger partial charge in [0.2, 0.25) is 0 Å². The Kier molecular flexibility index (Phi) is 13.5. The molecule has 0 atom stereocenters. The van der Waals surface area contributed by atoms with Crippen molar-refractivity contribution in [2.45, 2.75) is 26.7 Å². The van der Waals surface area contributed by atoms with Crippen LogP contribution in [0.4, 0.5) is 0 Å². The minimum atomic E-state index is 0.802. The molecule has 16 heavy (non-hydrogen) atoms. The second-order valence-corrected chi connectivity index (χ2v) is 4.11. The third-order valence-electron chi connectivity index (χ3n) is 2.39. The number of hydrogen-bond donors (Lipinski definition) is 1. The number of nitrogens with zero attached hydrogens (tertiary/aromatic N) is 1. The highest BCUT2D eigenvalue weighted by Gasteiger charge is 2.03.